The SMILES string of the molecule is O=C([C@H](O)[C@@H](O)[C@H](O)[C@H](O)CO)P(=O)(O)OP(=O)(O)O.O=C[C@H](O)[C@@H](O)[C@H](O)[C@H](O)CO.O=c1ccn([C@@H]2O[C@H](CO)[C@@H](O)[C@H]2O)c(=O)[nH]1. The molecule has 1 fully saturated rings. The lowest BCUT2D eigenvalue weighted by Gasteiger charge is -2.25. The van der Waals surface area contributed by atoms with Crippen molar-refractivity contribution in [3.05, 3.63) is 33.1 Å². The molecule has 0 aliphatic carbocycles. The van der Waals surface area contributed by atoms with Crippen molar-refractivity contribution in [2.75, 3.05) is 19.8 Å². The van der Waals surface area contributed by atoms with Gasteiger partial charge in [-0.15, -0.1) is 0 Å². The summed E-state index contributed by atoms with van der Waals surface area (Å²) in [7, 11) is -11.2. The molecule has 1 aromatic heterocycles. The van der Waals surface area contributed by atoms with E-state index < -0.39 is 125 Å². The summed E-state index contributed by atoms with van der Waals surface area (Å²) in [5.74, 6) is 0. The highest BCUT2D eigenvalue weighted by molar-refractivity contribution is 7.76. The number of aromatic amines is 1. The number of aliphatic hydroxyl groups excluding tert-OH is 13. The van der Waals surface area contributed by atoms with E-state index in [1.807, 2.05) is 4.98 Å². The van der Waals surface area contributed by atoms with Crippen LogP contribution in [0.2, 0.25) is 0 Å². The van der Waals surface area contributed by atoms with Gasteiger partial charge in [-0.2, -0.15) is 0 Å². The largest absolute Gasteiger partial charge is 0.477 e. The third kappa shape index (κ3) is 14.1. The number of H-pyrrole nitrogens is 1. The smallest absolute Gasteiger partial charge is 0.394 e. The Morgan fingerprint density at radius 1 is 0.878 bits per heavy atom. The van der Waals surface area contributed by atoms with Crippen molar-refractivity contribution in [3.8, 4) is 0 Å². The topological polar surface area (TPSA) is 465 Å². The fourth-order valence-corrected chi connectivity index (χ4v) is 5.34. The third-order valence-corrected chi connectivity index (χ3v) is 8.62. The summed E-state index contributed by atoms with van der Waals surface area (Å²) in [5, 5.41) is 117. The van der Waals surface area contributed by atoms with Gasteiger partial charge in [-0.3, -0.25) is 23.7 Å². The number of phosphoric acid groups is 1. The van der Waals surface area contributed by atoms with E-state index in [9.17, 15) is 48.7 Å². The third-order valence-electron chi connectivity index (χ3n) is 6.07. The van der Waals surface area contributed by atoms with Crippen LogP contribution in [0, 0.1) is 0 Å². The normalized spacial score (nSPS) is 25.4. The van der Waals surface area contributed by atoms with Gasteiger partial charge in [0.1, 0.15) is 61.0 Å². The fraction of sp³-hybridized carbons (Fsp3) is 0.714. The van der Waals surface area contributed by atoms with Crippen molar-refractivity contribution >= 4 is 27.2 Å². The highest BCUT2D eigenvalue weighted by Crippen LogP contribution is 2.58. The van der Waals surface area contributed by atoms with E-state index >= 15 is 0 Å². The second-order valence-electron chi connectivity index (χ2n) is 9.71. The predicted octanol–water partition coefficient (Wildman–Crippen LogP) is -9.99. The summed E-state index contributed by atoms with van der Waals surface area (Å²) in [5.41, 5.74) is -3.54. The molecule has 0 amide bonds. The fourth-order valence-electron chi connectivity index (χ4n) is 3.38. The molecule has 286 valence electrons. The Labute approximate surface area is 272 Å². The molecule has 1 saturated heterocycles. The molecular weight excluding hydrogens is 726 g/mol. The van der Waals surface area contributed by atoms with Gasteiger partial charge in [-0.25, -0.2) is 13.7 Å². The summed E-state index contributed by atoms with van der Waals surface area (Å²) in [4.78, 5) is 71.0. The van der Waals surface area contributed by atoms with Crippen LogP contribution >= 0.6 is 15.4 Å². The number of nitrogens with zero attached hydrogens (tertiary/aromatic N) is 1. The minimum atomic E-state index is -5.66. The van der Waals surface area contributed by atoms with Crippen LogP contribution in [0.1, 0.15) is 6.23 Å². The first-order valence-corrected chi connectivity index (χ1v) is 16.2. The summed E-state index contributed by atoms with van der Waals surface area (Å²) < 4.78 is 30.9. The van der Waals surface area contributed by atoms with Gasteiger partial charge in [0.05, 0.1) is 19.8 Å². The van der Waals surface area contributed by atoms with Gasteiger partial charge in [-0.1, -0.05) is 0 Å². The number of aliphatic hydroxyl groups is 13. The molecule has 0 bridgehead atoms. The van der Waals surface area contributed by atoms with Gasteiger partial charge in [-0.05, 0) is 0 Å². The van der Waals surface area contributed by atoms with E-state index in [4.69, 9.17) is 65.4 Å². The van der Waals surface area contributed by atoms with Crippen molar-refractivity contribution in [3.63, 3.8) is 0 Å². The summed E-state index contributed by atoms with van der Waals surface area (Å²) in [6.45, 7) is -2.30. The molecule has 2 heterocycles. The second kappa shape index (κ2) is 20.6. The molecule has 1 aliphatic heterocycles. The Bertz CT molecular complexity index is 1380. The molecular formula is C21H38N2O24P2. The molecule has 0 saturated carbocycles. The van der Waals surface area contributed by atoms with Gasteiger partial charge in [0.25, 0.3) is 11.1 Å². The number of hydrogen-bond donors (Lipinski definition) is 17. The van der Waals surface area contributed by atoms with Crippen LogP contribution in [0.4, 0.5) is 0 Å². The molecule has 0 aromatic carbocycles. The standard InChI is InChI=1S/C9H12N2O6.C6H14O12P2.C6H12O6/c12-3-4-6(14)7(15)8(17-4)11-2-1-5(13)10-9(11)16;7-1-2(8)3(9)4(10)5(11)6(12)19(13,14)18-20(15,16)17;7-1-3(9)5(11)6(12)4(10)2-8/h1-2,4,6-8,12,14-15H,3H2,(H,10,13,16);2-5,7-11H,1H2,(H,13,14)(H2,15,16,17);1,3-6,8-12H,2H2/t4-,6-,7-,8-;2-,3-,4+,5-;3-,4+,5+,6+/m110/s1. The lowest BCUT2D eigenvalue weighted by atomic mass is 10.0. The molecule has 26 nitrogen and oxygen atoms in total. The molecule has 28 heteroatoms. The Hall–Kier alpha value is -2.24. The number of rotatable bonds is 15. The summed E-state index contributed by atoms with van der Waals surface area (Å²) in [6.07, 6.45) is -20.0. The van der Waals surface area contributed by atoms with Gasteiger partial charge < -0.3 is 90.6 Å². The van der Waals surface area contributed by atoms with Gasteiger partial charge >= 0.3 is 21.1 Å². The number of aromatic nitrogens is 2. The molecule has 49 heavy (non-hydrogen) atoms. The van der Waals surface area contributed by atoms with Crippen LogP contribution in [0.25, 0.3) is 0 Å². The molecule has 0 spiro atoms. The van der Waals surface area contributed by atoms with Crippen LogP contribution in [0.5, 0.6) is 0 Å². The number of carbonyl (C=O) groups excluding carboxylic acids is 2. The Morgan fingerprint density at radius 3 is 1.76 bits per heavy atom. The van der Waals surface area contributed by atoms with E-state index in [1.165, 1.54) is 0 Å². The minimum Gasteiger partial charge on any atom is -0.394 e. The number of nitrogens with one attached hydrogen (secondary N) is 1. The van der Waals surface area contributed by atoms with E-state index in [0.717, 1.165) is 16.8 Å². The van der Waals surface area contributed by atoms with E-state index in [2.05, 4.69) is 4.31 Å². The molecule has 1 aliphatic rings. The summed E-state index contributed by atoms with van der Waals surface area (Å²) >= 11 is 0. The molecule has 1 unspecified atom stereocenters. The van der Waals surface area contributed by atoms with Crippen molar-refractivity contribution in [2.24, 2.45) is 0 Å². The number of hydrogen-bond acceptors (Lipinski definition) is 21. The first-order chi connectivity index (χ1) is 22.4. The lowest BCUT2D eigenvalue weighted by molar-refractivity contribution is -0.141. The Kier molecular flexibility index (Phi) is 19.6. The first kappa shape index (κ1) is 46.8. The molecule has 1 aromatic rings. The van der Waals surface area contributed by atoms with Gasteiger partial charge in [0, 0.05) is 12.3 Å². The average Bonchev–Trinajstić information content (AvgIpc) is 3.33. The molecule has 17 N–H and O–H groups in total. The van der Waals surface area contributed by atoms with Crippen molar-refractivity contribution in [2.45, 2.75) is 73.4 Å². The second-order valence-corrected chi connectivity index (χ2v) is 12.8. The molecule has 2 rings (SSSR count). The van der Waals surface area contributed by atoms with Crippen molar-refractivity contribution in [1.29, 1.82) is 0 Å². The highest BCUT2D eigenvalue weighted by Gasteiger charge is 2.46. The minimum absolute atomic E-state index is 0.0258. The summed E-state index contributed by atoms with van der Waals surface area (Å²) in [6, 6.07) is 1.09. The first-order valence-electron chi connectivity index (χ1n) is 13.1. The maximum absolute atomic E-state index is 11.4. The maximum atomic E-state index is 11.4. The van der Waals surface area contributed by atoms with Gasteiger partial charge in [0.2, 0.25) is 0 Å². The van der Waals surface area contributed by atoms with E-state index in [-0.39, 0.29) is 6.29 Å². The lowest BCUT2D eigenvalue weighted by Crippen LogP contribution is -2.48. The molecule has 13 atom stereocenters. The molecule has 0 radical (unpaired) electrons. The Balaban J connectivity index is 0.000000727. The van der Waals surface area contributed by atoms with Crippen LogP contribution in [-0.4, -0.2) is 189 Å². The zero-order valence-electron chi connectivity index (χ0n) is 24.5. The monoisotopic (exact) mass is 764 g/mol. The number of carbonyl (C=O) groups is 2. The van der Waals surface area contributed by atoms with Crippen LogP contribution in [0.3, 0.4) is 0 Å². The quantitative estimate of drug-likeness (QED) is 0.0582. The van der Waals surface area contributed by atoms with Crippen LogP contribution in [-0.2, 0) is 27.8 Å². The van der Waals surface area contributed by atoms with E-state index in [0.29, 0.717) is 0 Å². The van der Waals surface area contributed by atoms with Crippen LogP contribution in [0.15, 0.2) is 21.9 Å². The zero-order chi connectivity index (χ0) is 38.6. The maximum Gasteiger partial charge on any atom is 0.477 e. The zero-order valence-corrected chi connectivity index (χ0v) is 26.3. The number of aldehydes is 1. The van der Waals surface area contributed by atoms with Crippen molar-refractivity contribution in [1.82, 2.24) is 9.55 Å². The van der Waals surface area contributed by atoms with Crippen LogP contribution < -0.4 is 11.2 Å². The highest BCUT2D eigenvalue weighted by atomic mass is 31.3. The number of ether oxygens (including phenoxy) is 1. The van der Waals surface area contributed by atoms with E-state index in [1.54, 1.807) is 0 Å². The van der Waals surface area contributed by atoms with Crippen molar-refractivity contribution < 1.29 is 109 Å². The van der Waals surface area contributed by atoms with Gasteiger partial charge in [0.15, 0.2) is 18.6 Å². The predicted molar refractivity (Wildman–Crippen MR) is 151 cm³/mol. The Morgan fingerprint density at radius 2 is 1.37 bits per heavy atom. The average molecular weight is 764 g/mol.